The molecule has 5 aromatic carbocycles. The number of para-hydroxylation sites is 4. The highest BCUT2D eigenvalue weighted by Gasteiger charge is 2.18. The predicted molar refractivity (Wildman–Crippen MR) is 138 cm³/mol. The Hall–Kier alpha value is -4.50. The van der Waals surface area contributed by atoms with E-state index < -0.39 is 0 Å². The molecule has 2 N–H and O–H groups in total. The molecule has 2 heterocycles. The summed E-state index contributed by atoms with van der Waals surface area (Å²) in [7, 11) is 0. The Morgan fingerprint density at radius 3 is 1.94 bits per heavy atom. The zero-order valence-corrected chi connectivity index (χ0v) is 17.8. The van der Waals surface area contributed by atoms with Crippen molar-refractivity contribution in [2.45, 2.75) is 0 Å². The van der Waals surface area contributed by atoms with Crippen LogP contribution in [0.4, 0.5) is 5.69 Å². The van der Waals surface area contributed by atoms with Gasteiger partial charge in [-0.05, 0) is 36.4 Å². The number of nitrogen functional groups attached to an aromatic ring is 1. The van der Waals surface area contributed by atoms with Crippen LogP contribution in [0.3, 0.4) is 0 Å². The second-order valence-corrected chi connectivity index (χ2v) is 8.43. The molecule has 0 aliphatic heterocycles. The van der Waals surface area contributed by atoms with Crippen molar-refractivity contribution in [1.29, 1.82) is 0 Å². The van der Waals surface area contributed by atoms with Crippen LogP contribution < -0.4 is 5.73 Å². The van der Waals surface area contributed by atoms with Crippen molar-refractivity contribution < 1.29 is 4.42 Å². The van der Waals surface area contributed by atoms with Crippen molar-refractivity contribution in [3.05, 3.63) is 109 Å². The Bertz CT molecular complexity index is 1780. The van der Waals surface area contributed by atoms with Gasteiger partial charge in [0.25, 0.3) is 0 Å². The monoisotopic (exact) mass is 424 g/mol. The molecule has 0 radical (unpaired) electrons. The van der Waals surface area contributed by atoms with E-state index in [0.29, 0.717) is 0 Å². The third-order valence-corrected chi connectivity index (χ3v) is 6.54. The van der Waals surface area contributed by atoms with Gasteiger partial charge in [0.1, 0.15) is 11.2 Å². The normalized spacial score (nSPS) is 11.8. The third kappa shape index (κ3) is 2.56. The van der Waals surface area contributed by atoms with Crippen LogP contribution in [0.15, 0.2) is 114 Å². The van der Waals surface area contributed by atoms with Gasteiger partial charge in [0.15, 0.2) is 0 Å². The Morgan fingerprint density at radius 1 is 0.545 bits per heavy atom. The van der Waals surface area contributed by atoms with Gasteiger partial charge < -0.3 is 14.7 Å². The van der Waals surface area contributed by atoms with Crippen LogP contribution >= 0.6 is 0 Å². The van der Waals surface area contributed by atoms with Crippen LogP contribution in [-0.4, -0.2) is 4.57 Å². The van der Waals surface area contributed by atoms with Crippen molar-refractivity contribution in [2.24, 2.45) is 0 Å². The number of anilines is 1. The molecule has 3 heteroatoms. The van der Waals surface area contributed by atoms with Gasteiger partial charge in [0, 0.05) is 38.4 Å². The minimum absolute atomic E-state index is 0.725. The van der Waals surface area contributed by atoms with Crippen molar-refractivity contribution in [2.75, 3.05) is 5.73 Å². The first kappa shape index (κ1) is 18.1. The molecular formula is C30H20N2O. The molecule has 3 nitrogen and oxygen atoms in total. The fourth-order valence-corrected chi connectivity index (χ4v) is 5.11. The minimum atomic E-state index is 0.725. The zero-order valence-electron chi connectivity index (χ0n) is 17.8. The van der Waals surface area contributed by atoms with Gasteiger partial charge in [0.2, 0.25) is 0 Å². The maximum Gasteiger partial charge on any atom is 0.143 e. The highest BCUT2D eigenvalue weighted by molar-refractivity contribution is 6.12. The number of hydrogen-bond donors (Lipinski definition) is 1. The molecule has 7 aromatic rings. The van der Waals surface area contributed by atoms with E-state index in [9.17, 15) is 0 Å². The molecule has 0 amide bonds. The molecule has 0 saturated heterocycles. The molecule has 2 aromatic heterocycles. The molecule has 0 bridgehead atoms. The van der Waals surface area contributed by atoms with Crippen LogP contribution in [0.2, 0.25) is 0 Å². The molecular weight excluding hydrogens is 404 g/mol. The van der Waals surface area contributed by atoms with Gasteiger partial charge >= 0.3 is 0 Å². The highest BCUT2D eigenvalue weighted by atomic mass is 16.3. The second kappa shape index (κ2) is 6.75. The summed E-state index contributed by atoms with van der Waals surface area (Å²) >= 11 is 0. The number of nitrogens with two attached hydrogens (primary N) is 1. The number of rotatable bonds is 2. The Kier molecular flexibility index (Phi) is 3.70. The molecule has 0 fully saturated rings. The van der Waals surface area contributed by atoms with E-state index in [1.165, 1.54) is 21.8 Å². The molecule has 0 aliphatic carbocycles. The van der Waals surface area contributed by atoms with E-state index in [-0.39, 0.29) is 0 Å². The lowest BCUT2D eigenvalue weighted by Gasteiger charge is -2.15. The van der Waals surface area contributed by atoms with E-state index in [1.54, 1.807) is 0 Å². The molecule has 0 unspecified atom stereocenters. The Morgan fingerprint density at radius 2 is 1.18 bits per heavy atom. The van der Waals surface area contributed by atoms with Gasteiger partial charge in [-0.15, -0.1) is 0 Å². The van der Waals surface area contributed by atoms with Crippen molar-refractivity contribution in [3.63, 3.8) is 0 Å². The van der Waals surface area contributed by atoms with E-state index in [4.69, 9.17) is 10.2 Å². The third-order valence-electron chi connectivity index (χ3n) is 6.54. The summed E-state index contributed by atoms with van der Waals surface area (Å²) in [4.78, 5) is 0. The average Bonchev–Trinajstić information content (AvgIpc) is 3.40. The standard InChI is InChI=1S/C30H20N2O/c31-19-16-17-28(32-26-13-4-1-8-20(26)21-9-2-5-14-27(21)32)25(18-19)24-12-7-11-23-22-10-3-6-15-29(22)33-30(23)24/h1-18H,31H2. The summed E-state index contributed by atoms with van der Waals surface area (Å²) in [6.07, 6.45) is 0. The lowest BCUT2D eigenvalue weighted by atomic mass is 9.99. The van der Waals surface area contributed by atoms with Gasteiger partial charge in [-0.3, -0.25) is 0 Å². The number of hydrogen-bond acceptors (Lipinski definition) is 2. The zero-order chi connectivity index (χ0) is 21.9. The summed E-state index contributed by atoms with van der Waals surface area (Å²) in [6, 6.07) is 37.8. The number of nitrogens with zero attached hydrogens (tertiary/aromatic N) is 1. The summed E-state index contributed by atoms with van der Waals surface area (Å²) in [5.74, 6) is 0. The molecule has 0 aliphatic rings. The molecule has 0 spiro atoms. The second-order valence-electron chi connectivity index (χ2n) is 8.43. The first-order chi connectivity index (χ1) is 16.3. The van der Waals surface area contributed by atoms with Gasteiger partial charge in [-0.2, -0.15) is 0 Å². The number of aromatic nitrogens is 1. The predicted octanol–water partition coefficient (Wildman–Crippen LogP) is 7.93. The maximum absolute atomic E-state index is 6.38. The number of furan rings is 1. The fourth-order valence-electron chi connectivity index (χ4n) is 5.11. The topological polar surface area (TPSA) is 44.1 Å². The molecule has 156 valence electrons. The Balaban J connectivity index is 1.62. The number of fused-ring (bicyclic) bond motifs is 6. The van der Waals surface area contributed by atoms with Crippen molar-refractivity contribution in [3.8, 4) is 16.8 Å². The van der Waals surface area contributed by atoms with Crippen molar-refractivity contribution in [1.82, 2.24) is 4.57 Å². The van der Waals surface area contributed by atoms with E-state index in [0.717, 1.165) is 44.4 Å². The van der Waals surface area contributed by atoms with Crippen LogP contribution in [0.25, 0.3) is 60.6 Å². The van der Waals surface area contributed by atoms with Gasteiger partial charge in [-0.25, -0.2) is 0 Å². The van der Waals surface area contributed by atoms with Gasteiger partial charge in [0.05, 0.1) is 16.7 Å². The van der Waals surface area contributed by atoms with Gasteiger partial charge in [-0.1, -0.05) is 72.8 Å². The van der Waals surface area contributed by atoms with E-state index in [2.05, 4.69) is 89.5 Å². The Labute approximate surface area is 190 Å². The summed E-state index contributed by atoms with van der Waals surface area (Å²) in [5, 5.41) is 4.70. The molecule has 7 rings (SSSR count). The smallest absolute Gasteiger partial charge is 0.143 e. The summed E-state index contributed by atoms with van der Waals surface area (Å²) in [6.45, 7) is 0. The first-order valence-corrected chi connectivity index (χ1v) is 11.1. The fraction of sp³-hybridized carbons (Fsp3) is 0. The number of benzene rings is 5. The molecule has 0 saturated carbocycles. The lowest BCUT2D eigenvalue weighted by molar-refractivity contribution is 0.670. The quantitative estimate of drug-likeness (QED) is 0.286. The summed E-state index contributed by atoms with van der Waals surface area (Å²) in [5.41, 5.74) is 14.3. The minimum Gasteiger partial charge on any atom is -0.455 e. The van der Waals surface area contributed by atoms with Crippen molar-refractivity contribution >= 4 is 49.4 Å². The SMILES string of the molecule is Nc1ccc(-n2c3ccccc3c3ccccc32)c(-c2cccc3c2oc2ccccc23)c1. The largest absolute Gasteiger partial charge is 0.455 e. The maximum atomic E-state index is 6.38. The van der Waals surface area contributed by atoms with Crippen LogP contribution in [0, 0.1) is 0 Å². The first-order valence-electron chi connectivity index (χ1n) is 11.1. The molecule has 33 heavy (non-hydrogen) atoms. The van der Waals surface area contributed by atoms with Crippen LogP contribution in [0.1, 0.15) is 0 Å². The average molecular weight is 425 g/mol. The lowest BCUT2D eigenvalue weighted by Crippen LogP contribution is -1.99. The van der Waals surface area contributed by atoms with Crippen LogP contribution in [-0.2, 0) is 0 Å². The summed E-state index contributed by atoms with van der Waals surface area (Å²) < 4.78 is 8.71. The van der Waals surface area contributed by atoms with Crippen LogP contribution in [0.5, 0.6) is 0 Å². The van der Waals surface area contributed by atoms with E-state index >= 15 is 0 Å². The molecule has 0 atom stereocenters. The highest BCUT2D eigenvalue weighted by Crippen LogP contribution is 2.41. The van der Waals surface area contributed by atoms with E-state index in [1.807, 2.05) is 24.3 Å².